The van der Waals surface area contributed by atoms with E-state index < -0.39 is 5.97 Å². The normalized spacial score (nSPS) is 13.5. The van der Waals surface area contributed by atoms with E-state index >= 15 is 0 Å². The van der Waals surface area contributed by atoms with E-state index in [1.54, 1.807) is 11.7 Å². The number of fused-ring (bicyclic) bond motifs is 1. The summed E-state index contributed by atoms with van der Waals surface area (Å²) in [6.45, 7) is 10.5. The van der Waals surface area contributed by atoms with E-state index in [4.69, 9.17) is 9.84 Å². The van der Waals surface area contributed by atoms with Crippen molar-refractivity contribution in [2.75, 3.05) is 7.11 Å². The molecule has 0 aliphatic heterocycles. The number of carboxylic acids is 1. The fourth-order valence-corrected chi connectivity index (χ4v) is 4.73. The van der Waals surface area contributed by atoms with Crippen molar-refractivity contribution < 1.29 is 16.1 Å². The molecule has 0 radical (unpaired) electrons. The maximum atomic E-state index is 10.6. The topological polar surface area (TPSA) is 51.5 Å². The molecule has 1 aliphatic rings. The van der Waals surface area contributed by atoms with Crippen LogP contribution in [0.4, 0.5) is 0 Å². The third-order valence-corrected chi connectivity index (χ3v) is 6.74. The Balaban J connectivity index is 0.000000266. The molecule has 2 aromatic carbocycles. The van der Waals surface area contributed by atoms with Crippen LogP contribution in [0.15, 0.2) is 42.5 Å². The molecule has 0 unspecified atom stereocenters. The van der Waals surface area contributed by atoms with Crippen LogP contribution in [-0.4, -0.2) is 22.8 Å². The third-order valence-electron chi connectivity index (χ3n) is 6.74. The van der Waals surface area contributed by atoms with E-state index in [9.17, 15) is 4.79 Å². The Labute approximate surface area is 207 Å². The SMILES string of the molecule is CCCC1CCCCC1.COc1cc(C)c(C)cc1C.Cc1cc2ccccc2n1CC(=O)O.[HH]. The number of hydrogen-bond donors (Lipinski definition) is 1. The molecule has 188 valence electrons. The first kappa shape index (κ1) is 27.5. The fraction of sp³-hybridized carbons (Fsp3) is 0.500. The molecular weight excluding hydrogens is 422 g/mol. The highest BCUT2D eigenvalue weighted by Gasteiger charge is 2.11. The van der Waals surface area contributed by atoms with Gasteiger partial charge < -0.3 is 14.4 Å². The minimum absolute atomic E-state index is 0. The van der Waals surface area contributed by atoms with E-state index in [1.807, 2.05) is 37.3 Å². The molecule has 1 fully saturated rings. The highest BCUT2D eigenvalue weighted by molar-refractivity contribution is 5.82. The summed E-state index contributed by atoms with van der Waals surface area (Å²) < 4.78 is 6.98. The average molecular weight is 468 g/mol. The zero-order valence-corrected chi connectivity index (χ0v) is 22.0. The van der Waals surface area contributed by atoms with Crippen LogP contribution in [0.3, 0.4) is 0 Å². The molecule has 1 aromatic heterocycles. The van der Waals surface area contributed by atoms with Crippen molar-refractivity contribution >= 4 is 16.9 Å². The number of aryl methyl sites for hydroxylation is 4. The van der Waals surface area contributed by atoms with Crippen LogP contribution in [-0.2, 0) is 11.3 Å². The number of hydrogen-bond acceptors (Lipinski definition) is 2. The van der Waals surface area contributed by atoms with Crippen LogP contribution in [0.25, 0.3) is 10.9 Å². The number of benzene rings is 2. The van der Waals surface area contributed by atoms with Gasteiger partial charge in [0.1, 0.15) is 12.3 Å². The number of aromatic nitrogens is 1. The van der Waals surface area contributed by atoms with Crippen molar-refractivity contribution in [2.45, 2.75) is 86.1 Å². The molecule has 1 saturated carbocycles. The van der Waals surface area contributed by atoms with Crippen molar-refractivity contribution in [3.63, 3.8) is 0 Å². The fourth-order valence-electron chi connectivity index (χ4n) is 4.73. The lowest BCUT2D eigenvalue weighted by Gasteiger charge is -2.20. The first-order valence-electron chi connectivity index (χ1n) is 12.6. The number of aliphatic carboxylic acids is 1. The molecule has 34 heavy (non-hydrogen) atoms. The van der Waals surface area contributed by atoms with Crippen LogP contribution in [0, 0.1) is 33.6 Å². The van der Waals surface area contributed by atoms with Crippen molar-refractivity contribution in [1.82, 2.24) is 4.57 Å². The largest absolute Gasteiger partial charge is 0.496 e. The first-order chi connectivity index (χ1) is 16.3. The summed E-state index contributed by atoms with van der Waals surface area (Å²) in [6, 6.07) is 14.0. The monoisotopic (exact) mass is 467 g/mol. The lowest BCUT2D eigenvalue weighted by atomic mass is 9.86. The Morgan fingerprint density at radius 3 is 2.26 bits per heavy atom. The summed E-state index contributed by atoms with van der Waals surface area (Å²) in [6.07, 6.45) is 10.4. The van der Waals surface area contributed by atoms with Gasteiger partial charge in [-0.1, -0.05) is 76.1 Å². The Morgan fingerprint density at radius 2 is 1.65 bits per heavy atom. The van der Waals surface area contributed by atoms with Crippen molar-refractivity contribution in [2.24, 2.45) is 5.92 Å². The van der Waals surface area contributed by atoms with Gasteiger partial charge >= 0.3 is 5.97 Å². The van der Waals surface area contributed by atoms with Crippen LogP contribution >= 0.6 is 0 Å². The summed E-state index contributed by atoms with van der Waals surface area (Å²) >= 11 is 0. The van der Waals surface area contributed by atoms with E-state index in [0.29, 0.717) is 0 Å². The molecule has 4 heteroatoms. The maximum Gasteiger partial charge on any atom is 0.323 e. The molecule has 1 heterocycles. The average Bonchev–Trinajstić information content (AvgIpc) is 3.12. The molecule has 4 nitrogen and oxygen atoms in total. The molecule has 3 aromatic rings. The highest BCUT2D eigenvalue weighted by atomic mass is 16.5. The second-order valence-electron chi connectivity index (χ2n) is 9.52. The zero-order valence-electron chi connectivity index (χ0n) is 22.0. The number of methoxy groups -OCH3 is 1. The van der Waals surface area contributed by atoms with Gasteiger partial charge in [-0.15, -0.1) is 0 Å². The van der Waals surface area contributed by atoms with E-state index in [1.165, 1.54) is 61.6 Å². The minimum atomic E-state index is -0.811. The second kappa shape index (κ2) is 13.8. The summed E-state index contributed by atoms with van der Waals surface area (Å²) in [5.74, 6) is 1.27. The second-order valence-corrected chi connectivity index (χ2v) is 9.52. The van der Waals surface area contributed by atoms with Gasteiger partial charge in [0.15, 0.2) is 0 Å². The van der Waals surface area contributed by atoms with Gasteiger partial charge in [-0.2, -0.15) is 0 Å². The number of para-hydroxylation sites is 1. The Morgan fingerprint density at radius 1 is 1.00 bits per heavy atom. The molecule has 1 N–H and O–H groups in total. The lowest BCUT2D eigenvalue weighted by Crippen LogP contribution is -2.09. The van der Waals surface area contributed by atoms with Gasteiger partial charge in [0.25, 0.3) is 0 Å². The first-order valence-corrected chi connectivity index (χ1v) is 12.6. The predicted octanol–water partition coefficient (Wildman–Crippen LogP) is 8.27. The van der Waals surface area contributed by atoms with Gasteiger partial charge in [-0.3, -0.25) is 4.79 Å². The number of carboxylic acid groups (broad SMARTS) is 1. The summed E-state index contributed by atoms with van der Waals surface area (Å²) in [5.41, 5.74) is 5.77. The van der Waals surface area contributed by atoms with E-state index in [2.05, 4.69) is 39.8 Å². The molecule has 1 aliphatic carbocycles. The number of nitrogens with zero attached hydrogens (tertiary/aromatic N) is 1. The minimum Gasteiger partial charge on any atom is -0.496 e. The van der Waals surface area contributed by atoms with Gasteiger partial charge in [0.2, 0.25) is 0 Å². The predicted molar refractivity (Wildman–Crippen MR) is 145 cm³/mol. The lowest BCUT2D eigenvalue weighted by molar-refractivity contribution is -0.137. The molecule has 0 saturated heterocycles. The van der Waals surface area contributed by atoms with Gasteiger partial charge in [-0.05, 0) is 73.9 Å². The summed E-state index contributed by atoms with van der Waals surface area (Å²) in [4.78, 5) is 10.6. The summed E-state index contributed by atoms with van der Waals surface area (Å²) in [7, 11) is 1.71. The molecule has 0 amide bonds. The number of rotatable bonds is 5. The van der Waals surface area contributed by atoms with Gasteiger partial charge in [0, 0.05) is 12.6 Å². The Hall–Kier alpha value is -2.75. The standard InChI is InChI=1S/C11H11NO2.C10H14O.C9H18.H2/c1-8-6-9-4-2-3-5-10(9)12(8)7-11(13)14;1-7-5-9(3)10(11-4)6-8(7)2;1-2-6-9-7-4-3-5-8-9;/h2-6H,7H2,1H3,(H,13,14);5-6H,1-4H3;9H,2-8H2,1H3;1H. The summed E-state index contributed by atoms with van der Waals surface area (Å²) in [5, 5.41) is 9.84. The van der Waals surface area contributed by atoms with E-state index in [-0.39, 0.29) is 7.97 Å². The van der Waals surface area contributed by atoms with Crippen LogP contribution in [0.1, 0.15) is 75.7 Å². The molecule has 0 bridgehead atoms. The number of ether oxygens (including phenoxy) is 1. The van der Waals surface area contributed by atoms with Gasteiger partial charge in [-0.25, -0.2) is 0 Å². The number of carbonyl (C=O) groups is 1. The van der Waals surface area contributed by atoms with Crippen LogP contribution in [0.2, 0.25) is 0 Å². The zero-order chi connectivity index (χ0) is 25.1. The molecule has 0 spiro atoms. The van der Waals surface area contributed by atoms with Crippen LogP contribution in [0.5, 0.6) is 5.75 Å². The van der Waals surface area contributed by atoms with E-state index in [0.717, 1.165) is 28.3 Å². The molecule has 4 rings (SSSR count). The van der Waals surface area contributed by atoms with Crippen molar-refractivity contribution in [3.8, 4) is 5.75 Å². The van der Waals surface area contributed by atoms with Crippen molar-refractivity contribution in [1.29, 1.82) is 0 Å². The Kier molecular flexibility index (Phi) is 11.2. The smallest absolute Gasteiger partial charge is 0.323 e. The van der Waals surface area contributed by atoms with Crippen LogP contribution < -0.4 is 4.74 Å². The van der Waals surface area contributed by atoms with Crippen molar-refractivity contribution in [3.05, 3.63) is 64.8 Å². The quantitative estimate of drug-likeness (QED) is 0.411. The Bertz CT molecular complexity index is 1050. The third kappa shape index (κ3) is 8.23. The molecular formula is C30H45NO3. The van der Waals surface area contributed by atoms with Gasteiger partial charge in [0.05, 0.1) is 7.11 Å². The highest BCUT2D eigenvalue weighted by Crippen LogP contribution is 2.27. The maximum absolute atomic E-state index is 10.6. The molecule has 0 atom stereocenters.